The Morgan fingerprint density at radius 1 is 1.25 bits per heavy atom. The molecule has 1 fully saturated rings. The second kappa shape index (κ2) is 6.72. The van der Waals surface area contributed by atoms with E-state index in [4.69, 9.17) is 5.73 Å². The Hall–Kier alpha value is -1.59. The smallest absolute Gasteiger partial charge is 0.237 e. The summed E-state index contributed by atoms with van der Waals surface area (Å²) in [5, 5.41) is 21.6. The van der Waals surface area contributed by atoms with Gasteiger partial charge in [-0.05, 0) is 49.8 Å². The maximum absolute atomic E-state index is 12.0. The van der Waals surface area contributed by atoms with Crippen LogP contribution in [0.1, 0.15) is 31.2 Å². The van der Waals surface area contributed by atoms with Gasteiger partial charge in [-0.2, -0.15) is 0 Å². The van der Waals surface area contributed by atoms with Crippen molar-refractivity contribution in [2.45, 2.75) is 50.3 Å². The van der Waals surface area contributed by atoms with E-state index in [1.807, 2.05) is 0 Å². The first-order valence-electron chi connectivity index (χ1n) is 7.06. The number of rotatable bonds is 4. The van der Waals surface area contributed by atoms with Crippen LogP contribution in [0.2, 0.25) is 0 Å². The lowest BCUT2D eigenvalue weighted by Crippen LogP contribution is -2.47. The third kappa shape index (κ3) is 4.21. The van der Waals surface area contributed by atoms with Crippen LogP contribution in [0.15, 0.2) is 24.3 Å². The first kappa shape index (κ1) is 14.8. The number of aliphatic hydroxyl groups is 1. The van der Waals surface area contributed by atoms with Crippen LogP contribution in [0.25, 0.3) is 0 Å². The van der Waals surface area contributed by atoms with Gasteiger partial charge in [0, 0.05) is 6.04 Å². The molecule has 1 aromatic rings. The average molecular weight is 278 g/mol. The molecule has 1 saturated carbocycles. The summed E-state index contributed by atoms with van der Waals surface area (Å²) in [6.07, 6.45) is 3.30. The summed E-state index contributed by atoms with van der Waals surface area (Å²) in [6, 6.07) is 6.23. The van der Waals surface area contributed by atoms with Crippen LogP contribution in [-0.4, -0.2) is 34.3 Å². The highest BCUT2D eigenvalue weighted by Gasteiger charge is 2.23. The fourth-order valence-electron chi connectivity index (χ4n) is 2.51. The van der Waals surface area contributed by atoms with E-state index in [0.717, 1.165) is 31.2 Å². The molecular formula is C15H22N2O3. The summed E-state index contributed by atoms with van der Waals surface area (Å²) in [4.78, 5) is 12.0. The SMILES string of the molecule is NC(Cc1ccc(O)cc1)C(=O)NC1CCC(O)CC1. The van der Waals surface area contributed by atoms with Crippen LogP contribution in [0.4, 0.5) is 0 Å². The summed E-state index contributed by atoms with van der Waals surface area (Å²) in [5.41, 5.74) is 6.83. The number of carbonyl (C=O) groups excluding carboxylic acids is 1. The van der Waals surface area contributed by atoms with E-state index in [-0.39, 0.29) is 23.8 Å². The lowest BCUT2D eigenvalue weighted by molar-refractivity contribution is -0.123. The molecule has 1 aromatic carbocycles. The molecule has 1 aliphatic carbocycles. The molecule has 0 saturated heterocycles. The molecule has 110 valence electrons. The van der Waals surface area contributed by atoms with Gasteiger partial charge in [0.1, 0.15) is 5.75 Å². The van der Waals surface area contributed by atoms with E-state index in [2.05, 4.69) is 5.32 Å². The van der Waals surface area contributed by atoms with E-state index >= 15 is 0 Å². The minimum Gasteiger partial charge on any atom is -0.508 e. The van der Waals surface area contributed by atoms with Crippen molar-refractivity contribution >= 4 is 5.91 Å². The quantitative estimate of drug-likeness (QED) is 0.651. The van der Waals surface area contributed by atoms with Gasteiger partial charge < -0.3 is 21.3 Å². The molecule has 2 rings (SSSR count). The topological polar surface area (TPSA) is 95.6 Å². The molecule has 20 heavy (non-hydrogen) atoms. The molecule has 5 heteroatoms. The van der Waals surface area contributed by atoms with Gasteiger partial charge in [0.05, 0.1) is 12.1 Å². The molecule has 0 radical (unpaired) electrons. The summed E-state index contributed by atoms with van der Waals surface area (Å²) in [7, 11) is 0. The van der Waals surface area contributed by atoms with Crippen LogP contribution in [-0.2, 0) is 11.2 Å². The molecular weight excluding hydrogens is 256 g/mol. The summed E-state index contributed by atoms with van der Waals surface area (Å²) >= 11 is 0. The van der Waals surface area contributed by atoms with Crippen molar-refractivity contribution in [2.75, 3.05) is 0 Å². The number of phenols is 1. The summed E-state index contributed by atoms with van der Waals surface area (Å²) in [5.74, 6) is 0.0481. The third-order valence-corrected chi connectivity index (χ3v) is 3.77. The van der Waals surface area contributed by atoms with Crippen molar-refractivity contribution in [3.63, 3.8) is 0 Å². The van der Waals surface area contributed by atoms with Crippen LogP contribution >= 0.6 is 0 Å². The molecule has 1 amide bonds. The molecule has 1 unspecified atom stereocenters. The van der Waals surface area contributed by atoms with Gasteiger partial charge in [-0.1, -0.05) is 12.1 Å². The molecule has 1 atom stereocenters. The molecule has 0 aromatic heterocycles. The first-order valence-corrected chi connectivity index (χ1v) is 7.06. The van der Waals surface area contributed by atoms with Crippen molar-refractivity contribution in [2.24, 2.45) is 5.73 Å². The Labute approximate surface area is 118 Å². The molecule has 0 aliphatic heterocycles. The van der Waals surface area contributed by atoms with Crippen LogP contribution in [0.5, 0.6) is 5.75 Å². The highest BCUT2D eigenvalue weighted by Crippen LogP contribution is 2.18. The second-order valence-corrected chi connectivity index (χ2v) is 5.49. The molecule has 0 heterocycles. The standard InChI is InChI=1S/C15H22N2O3/c16-14(9-10-1-5-12(18)6-2-10)15(20)17-11-3-7-13(19)8-4-11/h1-2,5-6,11,13-14,18-19H,3-4,7-9,16H2,(H,17,20). The zero-order valence-electron chi connectivity index (χ0n) is 11.5. The Bertz CT molecular complexity index is 439. The van der Waals surface area contributed by atoms with Gasteiger partial charge in [-0.25, -0.2) is 0 Å². The van der Waals surface area contributed by atoms with E-state index in [1.165, 1.54) is 0 Å². The van der Waals surface area contributed by atoms with E-state index in [1.54, 1.807) is 24.3 Å². The van der Waals surface area contributed by atoms with Gasteiger partial charge in [0.2, 0.25) is 5.91 Å². The monoisotopic (exact) mass is 278 g/mol. The number of phenolic OH excluding ortho intramolecular Hbond substituents is 1. The number of carbonyl (C=O) groups is 1. The van der Waals surface area contributed by atoms with Gasteiger partial charge in [-0.3, -0.25) is 4.79 Å². The molecule has 0 spiro atoms. The molecule has 5 N–H and O–H groups in total. The summed E-state index contributed by atoms with van der Waals surface area (Å²) < 4.78 is 0. The maximum Gasteiger partial charge on any atom is 0.237 e. The number of benzene rings is 1. The number of hydrogen-bond donors (Lipinski definition) is 4. The van der Waals surface area contributed by atoms with Crippen molar-refractivity contribution in [3.05, 3.63) is 29.8 Å². The Balaban J connectivity index is 1.81. The van der Waals surface area contributed by atoms with Crippen molar-refractivity contribution in [3.8, 4) is 5.75 Å². The number of aromatic hydroxyl groups is 1. The fourth-order valence-corrected chi connectivity index (χ4v) is 2.51. The van der Waals surface area contributed by atoms with Crippen molar-refractivity contribution < 1.29 is 15.0 Å². The third-order valence-electron chi connectivity index (χ3n) is 3.77. The molecule has 1 aliphatic rings. The van der Waals surface area contributed by atoms with Crippen molar-refractivity contribution in [1.29, 1.82) is 0 Å². The molecule has 5 nitrogen and oxygen atoms in total. The Morgan fingerprint density at radius 2 is 1.85 bits per heavy atom. The number of nitrogens with two attached hydrogens (primary N) is 1. The average Bonchev–Trinajstić information content (AvgIpc) is 2.44. The van der Waals surface area contributed by atoms with Gasteiger partial charge >= 0.3 is 0 Å². The van der Waals surface area contributed by atoms with Crippen molar-refractivity contribution in [1.82, 2.24) is 5.32 Å². The van der Waals surface area contributed by atoms with E-state index in [0.29, 0.717) is 6.42 Å². The Morgan fingerprint density at radius 3 is 2.45 bits per heavy atom. The van der Waals surface area contributed by atoms with E-state index < -0.39 is 6.04 Å². The second-order valence-electron chi connectivity index (χ2n) is 5.49. The minimum atomic E-state index is -0.591. The number of hydrogen-bond acceptors (Lipinski definition) is 4. The zero-order chi connectivity index (χ0) is 14.5. The Kier molecular flexibility index (Phi) is 4.98. The largest absolute Gasteiger partial charge is 0.508 e. The molecule has 0 bridgehead atoms. The lowest BCUT2D eigenvalue weighted by atomic mass is 9.93. The lowest BCUT2D eigenvalue weighted by Gasteiger charge is -2.27. The number of amides is 1. The minimum absolute atomic E-state index is 0.122. The van der Waals surface area contributed by atoms with Crippen LogP contribution < -0.4 is 11.1 Å². The fraction of sp³-hybridized carbons (Fsp3) is 0.533. The number of aliphatic hydroxyl groups excluding tert-OH is 1. The highest BCUT2D eigenvalue weighted by molar-refractivity contribution is 5.82. The van der Waals surface area contributed by atoms with E-state index in [9.17, 15) is 15.0 Å². The van der Waals surface area contributed by atoms with Crippen LogP contribution in [0, 0.1) is 0 Å². The maximum atomic E-state index is 12.0. The highest BCUT2D eigenvalue weighted by atomic mass is 16.3. The first-order chi connectivity index (χ1) is 9.54. The summed E-state index contributed by atoms with van der Waals surface area (Å²) in [6.45, 7) is 0. The predicted octanol–water partition coefficient (Wildman–Crippen LogP) is 0.682. The van der Waals surface area contributed by atoms with Gasteiger partial charge in [-0.15, -0.1) is 0 Å². The van der Waals surface area contributed by atoms with Gasteiger partial charge in [0.25, 0.3) is 0 Å². The van der Waals surface area contributed by atoms with Crippen LogP contribution in [0.3, 0.4) is 0 Å². The normalized spacial score (nSPS) is 24.1. The van der Waals surface area contributed by atoms with Gasteiger partial charge in [0.15, 0.2) is 0 Å². The number of nitrogens with one attached hydrogen (secondary N) is 1. The zero-order valence-corrected chi connectivity index (χ0v) is 11.5. The predicted molar refractivity (Wildman–Crippen MR) is 76.2 cm³/mol.